The molecule has 148 valence electrons. The topological polar surface area (TPSA) is 113 Å². The smallest absolute Gasteiger partial charge is 0.293 e. The maximum atomic E-state index is 13.4. The standard InChI is InChI=1S/C19H17BrN6O3/c1-10(27)18-23-17(20)16(29-18)19(28)25-7-5-12-14(22-9-21-12)15(25)13-8-11-4-2-3-6-26(11)24-13/h2-4,6,8-10,15,27H,5,7H2,1H3,(H,21,22)/t10?,15-/m0/s1. The second-order valence-corrected chi connectivity index (χ2v) is 7.66. The van der Waals surface area contributed by atoms with Crippen molar-refractivity contribution in [2.45, 2.75) is 25.5 Å². The minimum Gasteiger partial charge on any atom is -0.431 e. The van der Waals surface area contributed by atoms with E-state index >= 15 is 0 Å². The summed E-state index contributed by atoms with van der Waals surface area (Å²) in [6, 6.07) is 7.28. The Morgan fingerprint density at radius 2 is 2.31 bits per heavy atom. The zero-order valence-corrected chi connectivity index (χ0v) is 17.0. The van der Waals surface area contributed by atoms with Gasteiger partial charge in [0.1, 0.15) is 12.1 Å². The van der Waals surface area contributed by atoms with E-state index in [1.165, 1.54) is 6.92 Å². The summed E-state index contributed by atoms with van der Waals surface area (Å²) >= 11 is 3.28. The highest BCUT2D eigenvalue weighted by atomic mass is 79.9. The summed E-state index contributed by atoms with van der Waals surface area (Å²) in [5.41, 5.74) is 3.38. The lowest BCUT2D eigenvalue weighted by molar-refractivity contribution is 0.0644. The summed E-state index contributed by atoms with van der Waals surface area (Å²) < 4.78 is 7.59. The predicted octanol–water partition coefficient (Wildman–Crippen LogP) is 2.65. The number of nitrogens with zero attached hydrogens (tertiary/aromatic N) is 5. The van der Waals surface area contributed by atoms with Crippen LogP contribution in [0.5, 0.6) is 0 Å². The van der Waals surface area contributed by atoms with Crippen molar-refractivity contribution in [2.75, 3.05) is 6.54 Å². The van der Waals surface area contributed by atoms with Crippen LogP contribution in [0.1, 0.15) is 52.6 Å². The minimum absolute atomic E-state index is 0.0497. The van der Waals surface area contributed by atoms with Gasteiger partial charge in [0.05, 0.1) is 23.2 Å². The van der Waals surface area contributed by atoms with Crippen molar-refractivity contribution in [3.8, 4) is 0 Å². The number of fused-ring (bicyclic) bond motifs is 2. The maximum Gasteiger partial charge on any atom is 0.293 e. The van der Waals surface area contributed by atoms with Crippen LogP contribution in [0.15, 0.2) is 45.8 Å². The summed E-state index contributed by atoms with van der Waals surface area (Å²) in [7, 11) is 0. The number of hydrogen-bond donors (Lipinski definition) is 2. The SMILES string of the molecule is CC(O)c1nc(Br)c(C(=O)N2CCc3[nH]cnc3[C@@H]2c2cc3ccccn3n2)o1. The van der Waals surface area contributed by atoms with Crippen LogP contribution in [0, 0.1) is 0 Å². The molecule has 1 aliphatic rings. The van der Waals surface area contributed by atoms with Crippen molar-refractivity contribution in [3.63, 3.8) is 0 Å². The van der Waals surface area contributed by atoms with Gasteiger partial charge in [-0.25, -0.2) is 14.5 Å². The van der Waals surface area contributed by atoms with Gasteiger partial charge in [0.25, 0.3) is 5.91 Å². The lowest BCUT2D eigenvalue weighted by Gasteiger charge is -2.33. The second-order valence-electron chi connectivity index (χ2n) is 6.90. The van der Waals surface area contributed by atoms with E-state index in [4.69, 9.17) is 4.42 Å². The quantitative estimate of drug-likeness (QED) is 0.489. The molecule has 0 spiro atoms. The Bertz CT molecular complexity index is 1180. The van der Waals surface area contributed by atoms with E-state index in [1.54, 1.807) is 15.7 Å². The highest BCUT2D eigenvalue weighted by Crippen LogP contribution is 2.35. The van der Waals surface area contributed by atoms with Gasteiger partial charge in [-0.2, -0.15) is 5.10 Å². The van der Waals surface area contributed by atoms with Crippen LogP contribution in [0.3, 0.4) is 0 Å². The van der Waals surface area contributed by atoms with Crippen molar-refractivity contribution in [1.29, 1.82) is 0 Å². The number of rotatable bonds is 3. The zero-order valence-electron chi connectivity index (χ0n) is 15.4. The lowest BCUT2D eigenvalue weighted by atomic mass is 9.99. The fraction of sp³-hybridized carbons (Fsp3) is 0.263. The van der Waals surface area contributed by atoms with Gasteiger partial charge in [0, 0.05) is 24.9 Å². The van der Waals surface area contributed by atoms with Crippen LogP contribution in [0.2, 0.25) is 0 Å². The molecule has 2 atom stereocenters. The molecule has 0 radical (unpaired) electrons. The Morgan fingerprint density at radius 3 is 3.07 bits per heavy atom. The normalized spacial score (nSPS) is 17.5. The number of aromatic nitrogens is 5. The molecule has 0 aromatic carbocycles. The number of oxazole rings is 1. The van der Waals surface area contributed by atoms with E-state index in [-0.39, 0.29) is 22.2 Å². The molecule has 1 unspecified atom stereocenters. The van der Waals surface area contributed by atoms with Crippen molar-refractivity contribution in [1.82, 2.24) is 29.5 Å². The van der Waals surface area contributed by atoms with Crippen LogP contribution in [-0.4, -0.2) is 47.0 Å². The summed E-state index contributed by atoms with van der Waals surface area (Å²) in [5.74, 6) is -0.206. The van der Waals surface area contributed by atoms with Gasteiger partial charge in [0.15, 0.2) is 4.60 Å². The molecule has 1 amide bonds. The van der Waals surface area contributed by atoms with Gasteiger partial charge < -0.3 is 19.4 Å². The van der Waals surface area contributed by atoms with Crippen LogP contribution >= 0.6 is 15.9 Å². The van der Waals surface area contributed by atoms with Crippen molar-refractivity contribution < 1.29 is 14.3 Å². The number of imidazole rings is 1. The Morgan fingerprint density at radius 1 is 1.45 bits per heavy atom. The van der Waals surface area contributed by atoms with Crippen LogP contribution in [0.4, 0.5) is 0 Å². The summed E-state index contributed by atoms with van der Waals surface area (Å²) in [4.78, 5) is 26.8. The summed E-state index contributed by atoms with van der Waals surface area (Å²) in [6.07, 6.45) is 3.22. The first-order valence-electron chi connectivity index (χ1n) is 9.14. The lowest BCUT2D eigenvalue weighted by Crippen LogP contribution is -2.41. The number of aromatic amines is 1. The fourth-order valence-electron chi connectivity index (χ4n) is 3.64. The van der Waals surface area contributed by atoms with E-state index in [2.05, 4.69) is 36.0 Å². The van der Waals surface area contributed by atoms with Crippen LogP contribution in [-0.2, 0) is 6.42 Å². The maximum absolute atomic E-state index is 13.4. The van der Waals surface area contributed by atoms with Gasteiger partial charge in [-0.1, -0.05) is 6.07 Å². The van der Waals surface area contributed by atoms with Gasteiger partial charge in [-0.15, -0.1) is 0 Å². The third-order valence-electron chi connectivity index (χ3n) is 5.01. The minimum atomic E-state index is -0.915. The monoisotopic (exact) mass is 456 g/mol. The highest BCUT2D eigenvalue weighted by Gasteiger charge is 2.38. The molecular weight excluding hydrogens is 440 g/mol. The van der Waals surface area contributed by atoms with E-state index < -0.39 is 12.1 Å². The Labute approximate surface area is 173 Å². The van der Waals surface area contributed by atoms with Gasteiger partial charge in [0.2, 0.25) is 11.7 Å². The number of halogens is 1. The molecule has 5 heterocycles. The van der Waals surface area contributed by atoms with Gasteiger partial charge >= 0.3 is 0 Å². The largest absolute Gasteiger partial charge is 0.431 e. The van der Waals surface area contributed by atoms with Gasteiger partial charge in [-0.3, -0.25) is 4.79 Å². The average Bonchev–Trinajstić information content (AvgIpc) is 3.43. The predicted molar refractivity (Wildman–Crippen MR) is 105 cm³/mol. The zero-order chi connectivity index (χ0) is 20.1. The van der Waals surface area contributed by atoms with Crippen molar-refractivity contribution >= 4 is 27.4 Å². The molecular formula is C19H17BrN6O3. The average molecular weight is 457 g/mol. The second kappa shape index (κ2) is 6.82. The number of carbonyl (C=O) groups excluding carboxylic acids is 1. The van der Waals surface area contributed by atoms with E-state index in [9.17, 15) is 9.90 Å². The summed E-state index contributed by atoms with van der Waals surface area (Å²) in [5, 5.41) is 14.4. The third-order valence-corrected chi connectivity index (χ3v) is 5.55. The molecule has 0 aliphatic carbocycles. The number of carbonyl (C=O) groups is 1. The number of nitrogens with one attached hydrogen (secondary N) is 1. The van der Waals surface area contributed by atoms with Crippen molar-refractivity contribution in [3.05, 3.63) is 70.1 Å². The first-order chi connectivity index (χ1) is 14.0. The number of aliphatic hydroxyl groups is 1. The van der Waals surface area contributed by atoms with Crippen molar-refractivity contribution in [2.24, 2.45) is 0 Å². The van der Waals surface area contributed by atoms with Crippen LogP contribution in [0.25, 0.3) is 5.52 Å². The third kappa shape index (κ3) is 2.95. The molecule has 0 saturated heterocycles. The number of aliphatic hydroxyl groups excluding tert-OH is 1. The molecule has 29 heavy (non-hydrogen) atoms. The highest BCUT2D eigenvalue weighted by molar-refractivity contribution is 9.10. The molecule has 1 aliphatic heterocycles. The molecule has 9 nitrogen and oxygen atoms in total. The molecule has 0 bridgehead atoms. The Balaban J connectivity index is 1.60. The van der Waals surface area contributed by atoms with Gasteiger partial charge in [-0.05, 0) is 41.1 Å². The van der Waals surface area contributed by atoms with E-state index in [1.807, 2.05) is 30.5 Å². The molecule has 0 saturated carbocycles. The fourth-order valence-corrected chi connectivity index (χ4v) is 4.07. The molecule has 5 rings (SSSR count). The molecule has 2 N–H and O–H groups in total. The Kier molecular flexibility index (Phi) is 4.25. The molecule has 0 fully saturated rings. The Hall–Kier alpha value is -2.98. The molecule has 10 heteroatoms. The van der Waals surface area contributed by atoms with E-state index in [0.717, 1.165) is 16.9 Å². The first kappa shape index (κ1) is 18.1. The number of amides is 1. The van der Waals surface area contributed by atoms with E-state index in [0.29, 0.717) is 18.7 Å². The number of hydrogen-bond acceptors (Lipinski definition) is 6. The summed E-state index contributed by atoms with van der Waals surface area (Å²) in [6.45, 7) is 1.99. The molecule has 4 aromatic rings. The number of pyridine rings is 1. The first-order valence-corrected chi connectivity index (χ1v) is 9.94. The molecule has 4 aromatic heterocycles. The van der Waals surface area contributed by atoms with Crippen LogP contribution < -0.4 is 0 Å². The number of H-pyrrole nitrogens is 1.